The van der Waals surface area contributed by atoms with Crippen LogP contribution in [0, 0.1) is 6.92 Å². The third kappa shape index (κ3) is 2.56. The molecule has 0 spiro atoms. The van der Waals surface area contributed by atoms with Crippen molar-refractivity contribution in [3.05, 3.63) is 29.3 Å². The Hall–Kier alpha value is -1.36. The van der Waals surface area contributed by atoms with Crippen molar-refractivity contribution in [2.75, 3.05) is 23.0 Å². The zero-order valence-corrected chi connectivity index (χ0v) is 11.6. The number of aryl methyl sites for hydroxylation is 1. The van der Waals surface area contributed by atoms with Crippen LogP contribution in [0.3, 0.4) is 0 Å². The number of rotatable bonds is 2. The molecule has 2 rings (SSSR count). The molecule has 5 heteroatoms. The van der Waals surface area contributed by atoms with Gasteiger partial charge in [-0.05, 0) is 26.0 Å². The number of hydrogen-bond acceptors (Lipinski definition) is 4. The van der Waals surface area contributed by atoms with Crippen LogP contribution in [0.5, 0.6) is 0 Å². The Balaban J connectivity index is 2.42. The molecule has 1 heterocycles. The van der Waals surface area contributed by atoms with Crippen LogP contribution in [0.4, 0.5) is 5.69 Å². The third-order valence-electron chi connectivity index (χ3n) is 3.21. The van der Waals surface area contributed by atoms with E-state index >= 15 is 0 Å². The average Bonchev–Trinajstić information content (AvgIpc) is 2.39. The molecule has 1 aliphatic heterocycles. The quantitative estimate of drug-likeness (QED) is 0.372. The molecule has 0 aromatic heterocycles. The first kappa shape index (κ1) is 13.1. The summed E-state index contributed by atoms with van der Waals surface area (Å²) in [5.74, 6) is 2.41. The fourth-order valence-corrected chi connectivity index (χ4v) is 3.26. The van der Waals surface area contributed by atoms with Gasteiger partial charge < -0.3 is 15.8 Å². The lowest BCUT2D eigenvalue weighted by Crippen LogP contribution is -2.41. The molecule has 98 valence electrons. The SMILES string of the molecule is Cc1ccc(N2CCSCC2C)c(/C(N)=N/O)c1. The Morgan fingerprint density at radius 3 is 3.00 bits per heavy atom. The van der Waals surface area contributed by atoms with E-state index in [0.717, 1.165) is 34.9 Å². The molecule has 18 heavy (non-hydrogen) atoms. The van der Waals surface area contributed by atoms with Crippen LogP contribution in [-0.4, -0.2) is 35.1 Å². The van der Waals surface area contributed by atoms with Gasteiger partial charge in [-0.1, -0.05) is 16.8 Å². The first-order chi connectivity index (χ1) is 8.63. The van der Waals surface area contributed by atoms with Crippen molar-refractivity contribution in [3.8, 4) is 0 Å². The summed E-state index contributed by atoms with van der Waals surface area (Å²) in [4.78, 5) is 2.34. The molecule has 1 aromatic rings. The minimum absolute atomic E-state index is 0.180. The summed E-state index contributed by atoms with van der Waals surface area (Å²) in [6, 6.07) is 6.57. The summed E-state index contributed by atoms with van der Waals surface area (Å²) in [5.41, 5.74) is 8.77. The van der Waals surface area contributed by atoms with Gasteiger partial charge in [0.25, 0.3) is 0 Å². The number of hydrogen-bond donors (Lipinski definition) is 2. The van der Waals surface area contributed by atoms with Crippen molar-refractivity contribution in [2.45, 2.75) is 19.9 Å². The van der Waals surface area contributed by atoms with Crippen LogP contribution in [0.25, 0.3) is 0 Å². The molecule has 1 saturated heterocycles. The maximum Gasteiger partial charge on any atom is 0.172 e. The van der Waals surface area contributed by atoms with E-state index in [1.165, 1.54) is 0 Å². The van der Waals surface area contributed by atoms with Gasteiger partial charge >= 0.3 is 0 Å². The third-order valence-corrected chi connectivity index (χ3v) is 4.40. The molecule has 4 nitrogen and oxygen atoms in total. The van der Waals surface area contributed by atoms with Crippen molar-refractivity contribution in [1.29, 1.82) is 0 Å². The number of nitrogens with two attached hydrogens (primary N) is 1. The van der Waals surface area contributed by atoms with Gasteiger partial charge in [0.1, 0.15) is 0 Å². The molecule has 0 bridgehead atoms. The summed E-state index contributed by atoms with van der Waals surface area (Å²) < 4.78 is 0. The molecule has 1 unspecified atom stereocenters. The predicted molar refractivity (Wildman–Crippen MR) is 77.8 cm³/mol. The van der Waals surface area contributed by atoms with Gasteiger partial charge in [0.05, 0.1) is 0 Å². The fraction of sp³-hybridized carbons (Fsp3) is 0.462. The van der Waals surface area contributed by atoms with Crippen molar-refractivity contribution in [1.82, 2.24) is 0 Å². The van der Waals surface area contributed by atoms with Gasteiger partial charge in [0.15, 0.2) is 5.84 Å². The van der Waals surface area contributed by atoms with Crippen molar-refractivity contribution in [3.63, 3.8) is 0 Å². The molecule has 1 atom stereocenters. The summed E-state index contributed by atoms with van der Waals surface area (Å²) in [7, 11) is 0. The highest BCUT2D eigenvalue weighted by atomic mass is 32.2. The minimum Gasteiger partial charge on any atom is -0.409 e. The summed E-state index contributed by atoms with van der Waals surface area (Å²) in [5, 5.41) is 12.1. The molecule has 3 N–H and O–H groups in total. The molecule has 0 radical (unpaired) electrons. The smallest absolute Gasteiger partial charge is 0.172 e. The molecule has 1 aliphatic rings. The second kappa shape index (κ2) is 5.52. The standard InChI is InChI=1S/C13H19N3OS/c1-9-3-4-12(11(7-9)13(14)15-17)16-5-6-18-8-10(16)2/h3-4,7,10,17H,5-6,8H2,1-2H3,(H2,14,15). The molecule has 0 amide bonds. The van der Waals surface area contributed by atoms with E-state index in [0.29, 0.717) is 6.04 Å². The van der Waals surface area contributed by atoms with E-state index in [4.69, 9.17) is 10.9 Å². The largest absolute Gasteiger partial charge is 0.409 e. The predicted octanol–water partition coefficient (Wildman–Crippen LogP) is 2.03. The fourth-order valence-electron chi connectivity index (χ4n) is 2.24. The minimum atomic E-state index is 0.180. The van der Waals surface area contributed by atoms with E-state index in [1.807, 2.05) is 24.8 Å². The Morgan fingerprint density at radius 2 is 2.33 bits per heavy atom. The van der Waals surface area contributed by atoms with Crippen molar-refractivity contribution in [2.24, 2.45) is 10.9 Å². The lowest BCUT2D eigenvalue weighted by Gasteiger charge is -2.36. The van der Waals surface area contributed by atoms with Crippen molar-refractivity contribution >= 4 is 23.3 Å². The van der Waals surface area contributed by atoms with Gasteiger partial charge in [-0.25, -0.2) is 0 Å². The Kier molecular flexibility index (Phi) is 4.01. The Bertz CT molecular complexity index is 462. The maximum atomic E-state index is 8.91. The first-order valence-electron chi connectivity index (χ1n) is 6.06. The molecular weight excluding hydrogens is 246 g/mol. The Labute approximate surface area is 112 Å². The maximum absolute atomic E-state index is 8.91. The van der Waals surface area contributed by atoms with Crippen LogP contribution < -0.4 is 10.6 Å². The summed E-state index contributed by atoms with van der Waals surface area (Å²) in [6.07, 6.45) is 0. The van der Waals surface area contributed by atoms with Gasteiger partial charge in [0.2, 0.25) is 0 Å². The van der Waals surface area contributed by atoms with Crippen LogP contribution >= 0.6 is 11.8 Å². The second-order valence-electron chi connectivity index (χ2n) is 4.62. The van der Waals surface area contributed by atoms with E-state index in [1.54, 1.807) is 0 Å². The van der Waals surface area contributed by atoms with E-state index in [9.17, 15) is 0 Å². The van der Waals surface area contributed by atoms with Crippen LogP contribution in [0.1, 0.15) is 18.1 Å². The summed E-state index contributed by atoms with van der Waals surface area (Å²) in [6.45, 7) is 5.22. The number of amidine groups is 1. The highest BCUT2D eigenvalue weighted by Gasteiger charge is 2.22. The van der Waals surface area contributed by atoms with Gasteiger partial charge in [0, 0.05) is 35.3 Å². The first-order valence-corrected chi connectivity index (χ1v) is 7.22. The lowest BCUT2D eigenvalue weighted by molar-refractivity contribution is 0.318. The second-order valence-corrected chi connectivity index (χ2v) is 5.77. The van der Waals surface area contributed by atoms with Crippen LogP contribution in [0.2, 0.25) is 0 Å². The number of nitrogens with zero attached hydrogens (tertiary/aromatic N) is 2. The average molecular weight is 265 g/mol. The van der Waals surface area contributed by atoms with Crippen LogP contribution in [-0.2, 0) is 0 Å². The highest BCUT2D eigenvalue weighted by Crippen LogP contribution is 2.28. The number of thioether (sulfide) groups is 1. The zero-order chi connectivity index (χ0) is 13.1. The van der Waals surface area contributed by atoms with E-state index in [2.05, 4.69) is 29.1 Å². The molecule has 0 aliphatic carbocycles. The van der Waals surface area contributed by atoms with Gasteiger partial charge in [-0.2, -0.15) is 11.8 Å². The molecule has 1 fully saturated rings. The lowest BCUT2D eigenvalue weighted by atomic mass is 10.1. The monoisotopic (exact) mass is 265 g/mol. The highest BCUT2D eigenvalue weighted by molar-refractivity contribution is 7.99. The Morgan fingerprint density at radius 1 is 1.56 bits per heavy atom. The van der Waals surface area contributed by atoms with E-state index in [-0.39, 0.29) is 5.84 Å². The van der Waals surface area contributed by atoms with Crippen molar-refractivity contribution < 1.29 is 5.21 Å². The zero-order valence-electron chi connectivity index (χ0n) is 10.8. The normalized spacial score (nSPS) is 21.1. The topological polar surface area (TPSA) is 61.8 Å². The molecular formula is C13H19N3OS. The van der Waals surface area contributed by atoms with E-state index < -0.39 is 0 Å². The van der Waals surface area contributed by atoms with Gasteiger partial charge in [-0.15, -0.1) is 0 Å². The number of benzene rings is 1. The summed E-state index contributed by atoms with van der Waals surface area (Å²) >= 11 is 1.97. The van der Waals surface area contributed by atoms with Crippen LogP contribution in [0.15, 0.2) is 23.4 Å². The number of oxime groups is 1. The number of anilines is 1. The molecule has 0 saturated carbocycles. The molecule has 1 aromatic carbocycles. The van der Waals surface area contributed by atoms with Gasteiger partial charge in [-0.3, -0.25) is 0 Å².